The highest BCUT2D eigenvalue weighted by Gasteiger charge is 2.33. The van der Waals surface area contributed by atoms with Crippen LogP contribution < -0.4 is 0 Å². The lowest BCUT2D eigenvalue weighted by atomic mass is 9.90. The third kappa shape index (κ3) is 4.71. The fourth-order valence-corrected chi connectivity index (χ4v) is 5.29. The van der Waals surface area contributed by atoms with Gasteiger partial charge >= 0.3 is 0 Å². The molecule has 0 radical (unpaired) electrons. The van der Waals surface area contributed by atoms with E-state index < -0.39 is 17.7 Å². The third-order valence-electron chi connectivity index (χ3n) is 7.07. The van der Waals surface area contributed by atoms with Crippen molar-refractivity contribution in [1.82, 2.24) is 14.4 Å². The van der Waals surface area contributed by atoms with Gasteiger partial charge in [-0.3, -0.25) is 9.69 Å². The number of amides is 1. The maximum atomic E-state index is 14.8. The highest BCUT2D eigenvalue weighted by molar-refractivity contribution is 5.78. The van der Waals surface area contributed by atoms with E-state index in [2.05, 4.69) is 28.8 Å². The van der Waals surface area contributed by atoms with Crippen molar-refractivity contribution in [2.45, 2.75) is 31.8 Å². The Morgan fingerprint density at radius 3 is 2.45 bits per heavy atom. The number of hydrogen-bond donors (Lipinski definition) is 0. The minimum atomic E-state index is -0.594. The smallest absolute Gasteiger partial charge is 0.236 e. The first-order valence-corrected chi connectivity index (χ1v) is 11.7. The lowest BCUT2D eigenvalue weighted by Crippen LogP contribution is -2.48. The molecule has 172 valence electrons. The van der Waals surface area contributed by atoms with E-state index in [1.165, 1.54) is 17.7 Å². The number of aromatic nitrogens is 1. The molecule has 2 aromatic carbocycles. The molecule has 1 fully saturated rings. The standard InChI is InChI=1S/C27H29F2N3O/c28-22-8-9-23(24(29)18-22)27-25-7-4-12-30(25)15-16-32(27)19-26(33)31-13-10-21(11-14-31)17-20-5-2-1-3-6-20/h1-9,12,18,21,27H,10-11,13-17,19H2. The first kappa shape index (κ1) is 21.8. The molecular formula is C27H29F2N3O. The summed E-state index contributed by atoms with van der Waals surface area (Å²) >= 11 is 0. The second-order valence-electron chi connectivity index (χ2n) is 9.18. The maximum absolute atomic E-state index is 14.8. The number of benzene rings is 2. The van der Waals surface area contributed by atoms with Crippen molar-refractivity contribution in [2.75, 3.05) is 26.2 Å². The number of fused-ring (bicyclic) bond motifs is 1. The van der Waals surface area contributed by atoms with Crippen LogP contribution in [0, 0.1) is 17.6 Å². The molecule has 1 amide bonds. The zero-order valence-corrected chi connectivity index (χ0v) is 18.7. The molecule has 6 heteroatoms. The van der Waals surface area contributed by atoms with Crippen LogP contribution >= 0.6 is 0 Å². The fourth-order valence-electron chi connectivity index (χ4n) is 5.29. The van der Waals surface area contributed by atoms with Gasteiger partial charge in [-0.15, -0.1) is 0 Å². The second kappa shape index (κ2) is 9.48. The molecule has 1 unspecified atom stereocenters. The van der Waals surface area contributed by atoms with Crippen LogP contribution in [0.5, 0.6) is 0 Å². The normalized spacial score (nSPS) is 19.5. The quantitative estimate of drug-likeness (QED) is 0.567. The molecule has 0 aliphatic carbocycles. The second-order valence-corrected chi connectivity index (χ2v) is 9.18. The van der Waals surface area contributed by atoms with E-state index in [1.54, 1.807) is 0 Å². The molecule has 0 bridgehead atoms. The van der Waals surface area contributed by atoms with E-state index in [-0.39, 0.29) is 12.5 Å². The molecule has 2 aliphatic heterocycles. The average molecular weight is 450 g/mol. The summed E-state index contributed by atoms with van der Waals surface area (Å²) in [6.45, 7) is 3.13. The van der Waals surface area contributed by atoms with Gasteiger partial charge in [-0.25, -0.2) is 8.78 Å². The van der Waals surface area contributed by atoms with Gasteiger partial charge in [0.25, 0.3) is 0 Å². The predicted octanol–water partition coefficient (Wildman–Crippen LogP) is 4.65. The van der Waals surface area contributed by atoms with Crippen molar-refractivity contribution in [3.63, 3.8) is 0 Å². The van der Waals surface area contributed by atoms with Crippen molar-refractivity contribution >= 4 is 5.91 Å². The Kier molecular flexibility index (Phi) is 6.27. The number of carbonyl (C=O) groups is 1. The lowest BCUT2D eigenvalue weighted by molar-refractivity contribution is -0.134. The van der Waals surface area contributed by atoms with E-state index >= 15 is 0 Å². The molecule has 0 spiro atoms. The predicted molar refractivity (Wildman–Crippen MR) is 124 cm³/mol. The number of likely N-dealkylation sites (tertiary alicyclic amines) is 1. The Bertz CT molecular complexity index is 1110. The van der Waals surface area contributed by atoms with Crippen LogP contribution in [0.25, 0.3) is 0 Å². The summed E-state index contributed by atoms with van der Waals surface area (Å²) in [4.78, 5) is 17.2. The topological polar surface area (TPSA) is 28.5 Å². The molecule has 2 aliphatic rings. The van der Waals surface area contributed by atoms with E-state index in [0.29, 0.717) is 18.0 Å². The van der Waals surface area contributed by atoms with E-state index in [0.717, 1.165) is 50.7 Å². The fraction of sp³-hybridized carbons (Fsp3) is 0.370. The Morgan fingerprint density at radius 2 is 1.70 bits per heavy atom. The molecule has 0 N–H and O–H groups in total. The van der Waals surface area contributed by atoms with Gasteiger partial charge in [-0.05, 0) is 48.9 Å². The Morgan fingerprint density at radius 1 is 0.909 bits per heavy atom. The SMILES string of the molecule is O=C(CN1CCn2cccc2C1c1ccc(F)cc1F)N1CCC(Cc2ccccc2)CC1. The van der Waals surface area contributed by atoms with Crippen LogP contribution in [0.2, 0.25) is 0 Å². The van der Waals surface area contributed by atoms with E-state index in [9.17, 15) is 13.6 Å². The molecular weight excluding hydrogens is 420 g/mol. The lowest BCUT2D eigenvalue weighted by Gasteiger charge is -2.39. The Labute approximate surface area is 193 Å². The monoisotopic (exact) mass is 449 g/mol. The molecule has 4 nitrogen and oxygen atoms in total. The van der Waals surface area contributed by atoms with Crippen molar-refractivity contribution in [2.24, 2.45) is 5.92 Å². The van der Waals surface area contributed by atoms with Gasteiger partial charge < -0.3 is 9.47 Å². The van der Waals surface area contributed by atoms with Gasteiger partial charge in [0, 0.05) is 49.7 Å². The van der Waals surface area contributed by atoms with Gasteiger partial charge in [0.15, 0.2) is 0 Å². The van der Waals surface area contributed by atoms with Gasteiger partial charge in [-0.1, -0.05) is 36.4 Å². The van der Waals surface area contributed by atoms with Gasteiger partial charge in [0.2, 0.25) is 5.91 Å². The molecule has 3 heterocycles. The van der Waals surface area contributed by atoms with Crippen LogP contribution in [0.1, 0.15) is 35.7 Å². The summed E-state index contributed by atoms with van der Waals surface area (Å²) in [5, 5.41) is 0. The Hall–Kier alpha value is -2.99. The number of rotatable bonds is 5. The molecule has 3 aromatic rings. The van der Waals surface area contributed by atoms with Crippen molar-refractivity contribution in [3.8, 4) is 0 Å². The molecule has 1 atom stereocenters. The zero-order valence-electron chi connectivity index (χ0n) is 18.7. The van der Waals surface area contributed by atoms with Crippen LogP contribution in [-0.2, 0) is 17.8 Å². The van der Waals surface area contributed by atoms with Crippen LogP contribution in [0.4, 0.5) is 8.78 Å². The first-order chi connectivity index (χ1) is 16.1. The van der Waals surface area contributed by atoms with Gasteiger partial charge in [0.05, 0.1) is 12.6 Å². The summed E-state index contributed by atoms with van der Waals surface area (Å²) < 4.78 is 30.4. The first-order valence-electron chi connectivity index (χ1n) is 11.7. The highest BCUT2D eigenvalue weighted by Crippen LogP contribution is 2.34. The van der Waals surface area contributed by atoms with Crippen LogP contribution in [0.3, 0.4) is 0 Å². The minimum absolute atomic E-state index is 0.0840. The van der Waals surface area contributed by atoms with Crippen LogP contribution in [0.15, 0.2) is 66.9 Å². The maximum Gasteiger partial charge on any atom is 0.236 e. The van der Waals surface area contributed by atoms with Gasteiger partial charge in [0.1, 0.15) is 11.6 Å². The molecule has 1 aromatic heterocycles. The number of hydrogen-bond acceptors (Lipinski definition) is 2. The molecule has 0 saturated carbocycles. The molecule has 33 heavy (non-hydrogen) atoms. The van der Waals surface area contributed by atoms with Crippen LogP contribution in [-0.4, -0.2) is 46.5 Å². The highest BCUT2D eigenvalue weighted by atomic mass is 19.1. The third-order valence-corrected chi connectivity index (χ3v) is 7.07. The number of nitrogens with zero attached hydrogens (tertiary/aromatic N) is 3. The summed E-state index contributed by atoms with van der Waals surface area (Å²) in [5.41, 5.74) is 2.69. The largest absolute Gasteiger partial charge is 0.348 e. The Balaban J connectivity index is 1.26. The number of piperidine rings is 1. The van der Waals surface area contributed by atoms with Crippen molar-refractivity contribution < 1.29 is 13.6 Å². The van der Waals surface area contributed by atoms with Crippen molar-refractivity contribution in [3.05, 3.63) is 95.3 Å². The zero-order chi connectivity index (χ0) is 22.8. The van der Waals surface area contributed by atoms with Crippen molar-refractivity contribution in [1.29, 1.82) is 0 Å². The molecule has 1 saturated heterocycles. The number of carbonyl (C=O) groups excluding carboxylic acids is 1. The average Bonchev–Trinajstić information content (AvgIpc) is 3.30. The number of halogens is 2. The summed E-state index contributed by atoms with van der Waals surface area (Å²) in [6, 6.07) is 17.7. The van der Waals surface area contributed by atoms with Gasteiger partial charge in [-0.2, -0.15) is 0 Å². The van der Waals surface area contributed by atoms with E-state index in [4.69, 9.17) is 0 Å². The summed E-state index contributed by atoms with van der Waals surface area (Å²) in [7, 11) is 0. The summed E-state index contributed by atoms with van der Waals surface area (Å²) in [6.07, 6.45) is 5.03. The summed E-state index contributed by atoms with van der Waals surface area (Å²) in [5.74, 6) is -0.492. The van der Waals surface area contributed by atoms with E-state index in [1.807, 2.05) is 34.2 Å². The molecule has 5 rings (SSSR count). The minimum Gasteiger partial charge on any atom is -0.348 e.